The summed E-state index contributed by atoms with van der Waals surface area (Å²) < 4.78 is 5.12. The van der Waals surface area contributed by atoms with Crippen molar-refractivity contribution < 1.29 is 24.2 Å². The summed E-state index contributed by atoms with van der Waals surface area (Å²) in [6.45, 7) is 10.0. The van der Waals surface area contributed by atoms with Crippen molar-refractivity contribution in [2.75, 3.05) is 7.11 Å². The summed E-state index contributed by atoms with van der Waals surface area (Å²) in [4.78, 5) is 0. The topological polar surface area (TPSA) is 9.23 Å². The fourth-order valence-electron chi connectivity index (χ4n) is 1.29. The third-order valence-electron chi connectivity index (χ3n) is 1.96. The molecule has 0 fully saturated rings. The minimum Gasteiger partial charge on any atom is -0.497 e. The Morgan fingerprint density at radius 1 is 0.824 bits per heavy atom. The Hall–Kier alpha value is -0.877. The van der Waals surface area contributed by atoms with E-state index in [1.807, 2.05) is 24.3 Å². The molecule has 0 unspecified atom stereocenters. The molecule has 0 bridgehead atoms. The molecule has 0 atom stereocenters. The number of rotatable bonds is 1. The summed E-state index contributed by atoms with van der Waals surface area (Å²) >= 11 is 0. The van der Waals surface area contributed by atoms with E-state index in [0.717, 1.165) is 5.75 Å². The van der Waals surface area contributed by atoms with Gasteiger partial charge in [0.05, 0.1) is 7.11 Å². The van der Waals surface area contributed by atoms with E-state index in [9.17, 15) is 0 Å². The van der Waals surface area contributed by atoms with Crippen LogP contribution in [0.4, 0.5) is 0 Å². The van der Waals surface area contributed by atoms with Crippen LogP contribution in [0.25, 0.3) is 10.8 Å². The van der Waals surface area contributed by atoms with Gasteiger partial charge in [-0.15, -0.1) is 0 Å². The molecule has 2 aromatic carbocycles. The maximum absolute atomic E-state index is 5.12. The molecule has 0 aliphatic rings. The van der Waals surface area contributed by atoms with Crippen molar-refractivity contribution in [3.05, 3.63) is 56.3 Å². The zero-order valence-electron chi connectivity index (χ0n) is 11.1. The summed E-state index contributed by atoms with van der Waals surface area (Å²) in [6.07, 6.45) is 0. The molecule has 0 amide bonds. The molecule has 0 aliphatic heterocycles. The van der Waals surface area contributed by atoms with Gasteiger partial charge in [0.25, 0.3) is 0 Å². The number of benzene rings is 2. The first-order valence-corrected chi connectivity index (χ1v) is 5.34. The van der Waals surface area contributed by atoms with Crippen molar-refractivity contribution in [2.24, 2.45) is 0 Å². The van der Waals surface area contributed by atoms with E-state index in [1.165, 1.54) is 10.8 Å². The van der Waals surface area contributed by atoms with E-state index < -0.39 is 0 Å². The van der Waals surface area contributed by atoms with Crippen molar-refractivity contribution >= 4 is 10.8 Å². The zero-order valence-corrected chi connectivity index (χ0v) is 14.0. The fourth-order valence-corrected chi connectivity index (χ4v) is 1.29. The van der Waals surface area contributed by atoms with Gasteiger partial charge in [0.1, 0.15) is 5.75 Å². The van der Waals surface area contributed by atoms with Crippen LogP contribution >= 0.6 is 0 Å². The van der Waals surface area contributed by atoms with Crippen LogP contribution in [-0.2, 0) is 19.5 Å². The molecular formula is C15H20OZn. The third kappa shape index (κ3) is 5.84. The summed E-state index contributed by atoms with van der Waals surface area (Å²) in [7, 11) is 1.68. The smallest absolute Gasteiger partial charge is 0.497 e. The van der Waals surface area contributed by atoms with Crippen molar-refractivity contribution in [1.29, 1.82) is 0 Å². The van der Waals surface area contributed by atoms with E-state index in [4.69, 9.17) is 4.74 Å². The van der Waals surface area contributed by atoms with Crippen LogP contribution in [0.3, 0.4) is 0 Å². The molecule has 2 heteroatoms. The largest absolute Gasteiger partial charge is 2.00 e. The van der Waals surface area contributed by atoms with Crippen LogP contribution in [0.15, 0.2) is 42.5 Å². The Kier molecular flexibility index (Phi) is 12.6. The summed E-state index contributed by atoms with van der Waals surface area (Å²) in [5, 5.41) is 2.47. The minimum absolute atomic E-state index is 0. The third-order valence-corrected chi connectivity index (χ3v) is 1.96. The van der Waals surface area contributed by atoms with Gasteiger partial charge >= 0.3 is 19.5 Å². The van der Waals surface area contributed by atoms with Crippen LogP contribution in [0.5, 0.6) is 5.75 Å². The molecule has 2 aromatic rings. The number of methoxy groups -OCH3 is 1. The summed E-state index contributed by atoms with van der Waals surface area (Å²) in [5.41, 5.74) is 0. The second kappa shape index (κ2) is 11.6. The van der Waals surface area contributed by atoms with Gasteiger partial charge in [-0.3, -0.25) is 0 Å². The van der Waals surface area contributed by atoms with Gasteiger partial charge in [0.2, 0.25) is 0 Å². The predicted octanol–water partition coefficient (Wildman–Crippen LogP) is 4.53. The van der Waals surface area contributed by atoms with Crippen molar-refractivity contribution in [3.63, 3.8) is 0 Å². The summed E-state index contributed by atoms with van der Waals surface area (Å²) in [5.74, 6) is 0.911. The average Bonchev–Trinajstić information content (AvgIpc) is 2.42. The molecular weight excluding hydrogens is 262 g/mol. The molecule has 1 nitrogen and oxygen atoms in total. The van der Waals surface area contributed by atoms with Gasteiger partial charge in [-0.05, 0) is 22.9 Å². The zero-order chi connectivity index (χ0) is 12.4. The number of hydrogen-bond donors (Lipinski definition) is 0. The van der Waals surface area contributed by atoms with Crippen LogP contribution in [0.2, 0.25) is 0 Å². The molecule has 0 aromatic heterocycles. The molecule has 17 heavy (non-hydrogen) atoms. The maximum atomic E-state index is 5.12. The van der Waals surface area contributed by atoms with Gasteiger partial charge < -0.3 is 18.6 Å². The maximum Gasteiger partial charge on any atom is 2.00 e. The minimum atomic E-state index is 0. The van der Waals surface area contributed by atoms with Crippen LogP contribution in [0.1, 0.15) is 13.8 Å². The van der Waals surface area contributed by atoms with Crippen LogP contribution < -0.4 is 4.74 Å². The van der Waals surface area contributed by atoms with Crippen LogP contribution in [-0.4, -0.2) is 7.11 Å². The molecule has 0 saturated heterocycles. The number of hydrogen-bond acceptors (Lipinski definition) is 1. The standard InChI is InChI=1S/C11H10O.2C2H5.Zn/c1-12-11-7-6-9-4-2-3-5-10(9)8-11;2*1-2;/h2-8H,1H3;2*1H2,2H3;/q;2*-1;+2. The van der Waals surface area contributed by atoms with Gasteiger partial charge in [-0.1, -0.05) is 30.3 Å². The van der Waals surface area contributed by atoms with Gasteiger partial charge in [-0.2, -0.15) is 13.8 Å². The molecule has 0 saturated carbocycles. The fraction of sp³-hybridized carbons (Fsp3) is 0.200. The monoisotopic (exact) mass is 280 g/mol. The van der Waals surface area contributed by atoms with E-state index in [2.05, 4.69) is 32.0 Å². The van der Waals surface area contributed by atoms with E-state index in [1.54, 1.807) is 21.0 Å². The Balaban J connectivity index is 0. The van der Waals surface area contributed by atoms with Gasteiger partial charge in [0, 0.05) is 0 Å². The number of ether oxygens (including phenoxy) is 1. The van der Waals surface area contributed by atoms with Crippen molar-refractivity contribution in [1.82, 2.24) is 0 Å². The molecule has 0 heterocycles. The molecule has 0 spiro atoms. The molecule has 0 aliphatic carbocycles. The van der Waals surface area contributed by atoms with Crippen molar-refractivity contribution in [3.8, 4) is 5.75 Å². The molecule has 2 rings (SSSR count). The predicted molar refractivity (Wildman–Crippen MR) is 72.6 cm³/mol. The van der Waals surface area contributed by atoms with Crippen LogP contribution in [0, 0.1) is 13.8 Å². The molecule has 0 N–H and O–H groups in total. The Morgan fingerprint density at radius 2 is 1.35 bits per heavy atom. The first-order valence-electron chi connectivity index (χ1n) is 5.34. The number of fused-ring (bicyclic) bond motifs is 1. The average molecular weight is 282 g/mol. The van der Waals surface area contributed by atoms with E-state index in [-0.39, 0.29) is 19.5 Å². The van der Waals surface area contributed by atoms with E-state index in [0.29, 0.717) is 0 Å². The second-order valence-electron chi connectivity index (χ2n) is 2.71. The Morgan fingerprint density at radius 3 is 1.88 bits per heavy atom. The van der Waals surface area contributed by atoms with Gasteiger partial charge in [0.15, 0.2) is 0 Å². The van der Waals surface area contributed by atoms with E-state index >= 15 is 0 Å². The Labute approximate surface area is 118 Å². The quantitative estimate of drug-likeness (QED) is 0.551. The molecule has 0 radical (unpaired) electrons. The molecule has 88 valence electrons. The van der Waals surface area contributed by atoms with Gasteiger partial charge in [-0.25, -0.2) is 0 Å². The second-order valence-corrected chi connectivity index (χ2v) is 2.71. The SMILES string of the molecule is COc1ccc2ccccc2c1.[CH2-]C.[CH2-]C.[Zn+2]. The Bertz CT molecular complexity index is 399. The first-order chi connectivity index (χ1) is 7.90. The first kappa shape index (κ1) is 18.5. The normalized spacial score (nSPS) is 7.82. The summed E-state index contributed by atoms with van der Waals surface area (Å²) in [6, 6.07) is 14.3. The van der Waals surface area contributed by atoms with Crippen molar-refractivity contribution in [2.45, 2.75) is 13.8 Å².